The summed E-state index contributed by atoms with van der Waals surface area (Å²) in [6.07, 6.45) is 14.7. The fraction of sp³-hybridized carbons (Fsp3) is 0.600. The van der Waals surface area contributed by atoms with Gasteiger partial charge in [0, 0.05) is 0 Å². The molecule has 2 aromatic carbocycles. The summed E-state index contributed by atoms with van der Waals surface area (Å²) in [6, 6.07) is 16.0. The van der Waals surface area contributed by atoms with Crippen molar-refractivity contribution in [3.05, 3.63) is 48.0 Å². The van der Waals surface area contributed by atoms with E-state index in [-0.39, 0.29) is 0 Å². The van der Waals surface area contributed by atoms with Gasteiger partial charge in [0.05, 0.1) is 0 Å². The first kappa shape index (κ1) is 17.1. The molecule has 0 nitrogen and oxygen atoms in total. The van der Waals surface area contributed by atoms with Crippen LogP contribution in [0.15, 0.2) is 42.5 Å². The van der Waals surface area contributed by atoms with Crippen LogP contribution in [0.25, 0.3) is 10.8 Å². The van der Waals surface area contributed by atoms with Crippen molar-refractivity contribution in [3.8, 4) is 0 Å². The van der Waals surface area contributed by atoms with Crippen LogP contribution in [0.5, 0.6) is 0 Å². The second kappa shape index (κ2) is 7.94. The minimum Gasteiger partial charge on any atom is -0.0654 e. The largest absolute Gasteiger partial charge is 0.0654 e. The van der Waals surface area contributed by atoms with Crippen molar-refractivity contribution < 1.29 is 0 Å². The van der Waals surface area contributed by atoms with Gasteiger partial charge < -0.3 is 0 Å². The van der Waals surface area contributed by atoms with Gasteiger partial charge in [-0.3, -0.25) is 0 Å². The summed E-state index contributed by atoms with van der Waals surface area (Å²) in [7, 11) is 0. The number of fused-ring (bicyclic) bond motifs is 2. The van der Waals surface area contributed by atoms with Gasteiger partial charge in [-0.25, -0.2) is 0 Å². The van der Waals surface area contributed by atoms with Crippen LogP contribution < -0.4 is 0 Å². The van der Waals surface area contributed by atoms with Crippen LogP contribution in [0.2, 0.25) is 0 Å². The highest BCUT2D eigenvalue weighted by atomic mass is 14.4. The zero-order chi connectivity index (χ0) is 17.1. The van der Waals surface area contributed by atoms with Crippen LogP contribution in [-0.2, 0) is 0 Å². The Bertz CT molecular complexity index is 685. The van der Waals surface area contributed by atoms with Crippen LogP contribution in [0, 0.1) is 17.8 Å². The van der Waals surface area contributed by atoms with Crippen LogP contribution in [0.4, 0.5) is 0 Å². The fourth-order valence-electron chi connectivity index (χ4n) is 5.70. The lowest BCUT2D eigenvalue weighted by Gasteiger charge is -2.42. The van der Waals surface area contributed by atoms with Gasteiger partial charge in [0.25, 0.3) is 0 Å². The van der Waals surface area contributed by atoms with Crippen LogP contribution in [0.3, 0.4) is 0 Å². The first-order chi connectivity index (χ1) is 12.3. The molecule has 4 atom stereocenters. The van der Waals surface area contributed by atoms with Crippen molar-refractivity contribution in [2.45, 2.75) is 77.0 Å². The highest BCUT2D eigenvalue weighted by Gasteiger charge is 2.35. The van der Waals surface area contributed by atoms with Gasteiger partial charge in [0.15, 0.2) is 0 Å². The molecule has 2 saturated carbocycles. The molecule has 0 aromatic heterocycles. The van der Waals surface area contributed by atoms with Crippen molar-refractivity contribution in [1.82, 2.24) is 0 Å². The Kier molecular flexibility index (Phi) is 5.44. The van der Waals surface area contributed by atoms with Crippen molar-refractivity contribution in [2.75, 3.05) is 0 Å². The van der Waals surface area contributed by atoms with E-state index in [0.29, 0.717) is 0 Å². The van der Waals surface area contributed by atoms with Gasteiger partial charge in [-0.1, -0.05) is 81.5 Å². The first-order valence-corrected chi connectivity index (χ1v) is 10.8. The summed E-state index contributed by atoms with van der Waals surface area (Å²) in [5, 5.41) is 2.80. The number of benzene rings is 2. The SMILES string of the molecule is CCCCCC1CCC2CC(c3ccc4ccccc4c3)CCC2C1. The fourth-order valence-corrected chi connectivity index (χ4v) is 5.70. The van der Waals surface area contributed by atoms with E-state index in [0.717, 1.165) is 23.7 Å². The number of hydrogen-bond donors (Lipinski definition) is 0. The third-order valence-electron chi connectivity index (χ3n) is 7.18. The Morgan fingerprint density at radius 2 is 1.60 bits per heavy atom. The predicted octanol–water partition coefficient (Wildman–Crippen LogP) is 7.72. The van der Waals surface area contributed by atoms with E-state index in [2.05, 4.69) is 49.4 Å². The smallest absolute Gasteiger partial charge is 0.0159 e. The lowest BCUT2D eigenvalue weighted by Crippen LogP contribution is -2.30. The number of rotatable bonds is 5. The third-order valence-corrected chi connectivity index (χ3v) is 7.18. The minimum absolute atomic E-state index is 0.808. The number of unbranched alkanes of at least 4 members (excludes halogenated alkanes) is 2. The molecule has 0 bridgehead atoms. The highest BCUT2D eigenvalue weighted by molar-refractivity contribution is 5.83. The van der Waals surface area contributed by atoms with E-state index >= 15 is 0 Å². The van der Waals surface area contributed by atoms with Gasteiger partial charge in [0.2, 0.25) is 0 Å². The Hall–Kier alpha value is -1.30. The monoisotopic (exact) mass is 334 g/mol. The quantitative estimate of drug-likeness (QED) is 0.491. The summed E-state index contributed by atoms with van der Waals surface area (Å²) in [5.41, 5.74) is 1.60. The molecule has 0 saturated heterocycles. The van der Waals surface area contributed by atoms with Crippen molar-refractivity contribution >= 4 is 10.8 Å². The molecule has 2 fully saturated rings. The molecule has 0 heteroatoms. The van der Waals surface area contributed by atoms with E-state index in [1.54, 1.807) is 12.0 Å². The van der Waals surface area contributed by atoms with Crippen molar-refractivity contribution in [3.63, 3.8) is 0 Å². The molecule has 0 amide bonds. The van der Waals surface area contributed by atoms with Gasteiger partial charge in [-0.15, -0.1) is 0 Å². The standard InChI is InChI=1S/C25H34/c1-2-3-4-7-19-10-11-23-18-25(15-14-22(23)16-19)24-13-12-20-8-5-6-9-21(20)17-24/h5-6,8-9,12-13,17,19,22-23,25H,2-4,7,10-11,14-16,18H2,1H3. The molecule has 2 aliphatic rings. The molecule has 0 aliphatic heterocycles. The van der Waals surface area contributed by atoms with Gasteiger partial charge in [-0.05, 0) is 72.1 Å². The van der Waals surface area contributed by atoms with Gasteiger partial charge in [-0.2, -0.15) is 0 Å². The predicted molar refractivity (Wildman–Crippen MR) is 109 cm³/mol. The summed E-state index contributed by atoms with van der Waals surface area (Å²) in [4.78, 5) is 0. The summed E-state index contributed by atoms with van der Waals surface area (Å²) in [5.74, 6) is 3.90. The molecule has 4 rings (SSSR count). The maximum absolute atomic E-state index is 2.47. The molecule has 134 valence electrons. The molecule has 0 radical (unpaired) electrons. The average Bonchev–Trinajstić information content (AvgIpc) is 2.67. The van der Waals surface area contributed by atoms with Crippen molar-refractivity contribution in [2.24, 2.45) is 17.8 Å². The molecule has 0 N–H and O–H groups in total. The van der Waals surface area contributed by atoms with Gasteiger partial charge in [0.1, 0.15) is 0 Å². The molecular formula is C25H34. The normalized spacial score (nSPS) is 29.5. The van der Waals surface area contributed by atoms with E-state index in [1.165, 1.54) is 68.6 Å². The van der Waals surface area contributed by atoms with Crippen molar-refractivity contribution in [1.29, 1.82) is 0 Å². The second-order valence-electron chi connectivity index (χ2n) is 8.81. The van der Waals surface area contributed by atoms with E-state index in [9.17, 15) is 0 Å². The lowest BCUT2D eigenvalue weighted by atomic mass is 9.63. The maximum Gasteiger partial charge on any atom is -0.0159 e. The Morgan fingerprint density at radius 1 is 0.800 bits per heavy atom. The maximum atomic E-state index is 2.47. The van der Waals surface area contributed by atoms with Crippen LogP contribution >= 0.6 is 0 Å². The molecule has 2 aliphatic carbocycles. The second-order valence-corrected chi connectivity index (χ2v) is 8.81. The molecule has 2 aromatic rings. The van der Waals surface area contributed by atoms with E-state index in [1.807, 2.05) is 0 Å². The molecule has 0 spiro atoms. The van der Waals surface area contributed by atoms with Crippen LogP contribution in [-0.4, -0.2) is 0 Å². The molecule has 25 heavy (non-hydrogen) atoms. The molecular weight excluding hydrogens is 300 g/mol. The minimum atomic E-state index is 0.808. The highest BCUT2D eigenvalue weighted by Crippen LogP contribution is 2.48. The van der Waals surface area contributed by atoms with Gasteiger partial charge >= 0.3 is 0 Å². The number of hydrogen-bond acceptors (Lipinski definition) is 0. The topological polar surface area (TPSA) is 0 Å². The van der Waals surface area contributed by atoms with E-state index < -0.39 is 0 Å². The Balaban J connectivity index is 1.38. The summed E-state index contributed by atoms with van der Waals surface area (Å²) >= 11 is 0. The summed E-state index contributed by atoms with van der Waals surface area (Å²) < 4.78 is 0. The average molecular weight is 335 g/mol. The molecule has 0 heterocycles. The van der Waals surface area contributed by atoms with Crippen LogP contribution in [0.1, 0.15) is 82.6 Å². The Labute approximate surface area is 154 Å². The molecule has 4 unspecified atom stereocenters. The summed E-state index contributed by atoms with van der Waals surface area (Å²) in [6.45, 7) is 2.32. The third kappa shape index (κ3) is 3.94. The lowest BCUT2D eigenvalue weighted by molar-refractivity contribution is 0.113. The zero-order valence-corrected chi connectivity index (χ0v) is 15.9. The Morgan fingerprint density at radius 3 is 2.48 bits per heavy atom. The first-order valence-electron chi connectivity index (χ1n) is 10.8. The van der Waals surface area contributed by atoms with E-state index in [4.69, 9.17) is 0 Å². The zero-order valence-electron chi connectivity index (χ0n) is 15.9.